The Morgan fingerprint density at radius 3 is 2.70 bits per heavy atom. The van der Waals surface area contributed by atoms with Crippen molar-refractivity contribution in [1.29, 1.82) is 0 Å². The van der Waals surface area contributed by atoms with E-state index in [2.05, 4.69) is 11.9 Å². The number of carbonyl (C=O) groups is 2. The highest BCUT2D eigenvalue weighted by Gasteiger charge is 2.37. The Hall–Kier alpha value is -2.39. The molecular weight excluding hydrogens is 354 g/mol. The first kappa shape index (κ1) is 20.9. The van der Waals surface area contributed by atoms with E-state index in [0.717, 1.165) is 0 Å². The molecule has 27 heavy (non-hydrogen) atoms. The summed E-state index contributed by atoms with van der Waals surface area (Å²) in [5, 5.41) is 21.5. The van der Waals surface area contributed by atoms with Crippen LogP contribution in [0.4, 0.5) is 9.18 Å². The van der Waals surface area contributed by atoms with E-state index < -0.39 is 30.6 Å². The molecule has 1 heterocycles. The average molecular weight is 378 g/mol. The molecule has 1 aliphatic heterocycles. The van der Waals surface area contributed by atoms with Crippen molar-refractivity contribution >= 4 is 19.1 Å². The summed E-state index contributed by atoms with van der Waals surface area (Å²) in [6, 6.07) is 5.50. The number of nitrogens with one attached hydrogen (secondary N) is 1. The lowest BCUT2D eigenvalue weighted by atomic mass is 9.76. The lowest BCUT2D eigenvalue weighted by molar-refractivity contribution is -0.132. The van der Waals surface area contributed by atoms with Crippen LogP contribution in [-0.4, -0.2) is 58.7 Å². The molecule has 7 nitrogen and oxygen atoms in total. The normalized spacial score (nSPS) is 20.5. The SMILES string of the molecule is C=CC(=O)N1CCCC(C)(OC(=O)N[C@@H](Cc2ccc(F)cc2)B(O)O)C1. The van der Waals surface area contributed by atoms with Gasteiger partial charge < -0.3 is 25.0 Å². The molecule has 0 bridgehead atoms. The second-order valence-corrected chi connectivity index (χ2v) is 6.90. The zero-order chi connectivity index (χ0) is 20.0. The summed E-state index contributed by atoms with van der Waals surface area (Å²) in [7, 11) is -1.82. The second-order valence-electron chi connectivity index (χ2n) is 6.90. The highest BCUT2D eigenvalue weighted by atomic mass is 19.1. The molecule has 146 valence electrons. The van der Waals surface area contributed by atoms with Crippen LogP contribution in [0.15, 0.2) is 36.9 Å². The Morgan fingerprint density at radius 1 is 1.44 bits per heavy atom. The van der Waals surface area contributed by atoms with Crippen LogP contribution in [0, 0.1) is 5.82 Å². The first-order chi connectivity index (χ1) is 12.7. The van der Waals surface area contributed by atoms with Crippen LogP contribution >= 0.6 is 0 Å². The van der Waals surface area contributed by atoms with Gasteiger partial charge in [-0.25, -0.2) is 9.18 Å². The predicted octanol–water partition coefficient (Wildman–Crippen LogP) is 1.04. The maximum atomic E-state index is 13.0. The largest absolute Gasteiger partial charge is 0.475 e. The number of hydrogen-bond donors (Lipinski definition) is 3. The fraction of sp³-hybridized carbons (Fsp3) is 0.444. The first-order valence-electron chi connectivity index (χ1n) is 8.74. The number of piperidine rings is 1. The molecule has 2 amide bonds. The van der Waals surface area contributed by atoms with E-state index in [4.69, 9.17) is 4.74 Å². The van der Waals surface area contributed by atoms with E-state index in [0.29, 0.717) is 24.9 Å². The number of nitrogens with zero attached hydrogens (tertiary/aromatic N) is 1. The number of hydrogen-bond acceptors (Lipinski definition) is 5. The summed E-state index contributed by atoms with van der Waals surface area (Å²) in [6.07, 6.45) is 1.74. The van der Waals surface area contributed by atoms with Gasteiger partial charge in [0.15, 0.2) is 0 Å². The Bertz CT molecular complexity index is 685. The minimum atomic E-state index is -1.82. The molecule has 9 heteroatoms. The van der Waals surface area contributed by atoms with E-state index in [1.807, 2.05) is 0 Å². The highest BCUT2D eigenvalue weighted by Crippen LogP contribution is 2.25. The van der Waals surface area contributed by atoms with Gasteiger partial charge in [-0.1, -0.05) is 18.7 Å². The standard InChI is InChI=1S/C18H24BFN2O5/c1-3-16(23)22-10-4-9-18(2,12-22)27-17(24)21-15(19(25)26)11-13-5-7-14(20)8-6-13/h3,5-8,15,25-26H,1,4,9-12H2,2H3,(H,21,24)/t15-,18?/m0/s1. The van der Waals surface area contributed by atoms with E-state index in [-0.39, 0.29) is 18.9 Å². The molecule has 1 saturated heterocycles. The van der Waals surface area contributed by atoms with Crippen LogP contribution in [0.3, 0.4) is 0 Å². The number of ether oxygens (including phenoxy) is 1. The smallest absolute Gasteiger partial charge is 0.441 e. The summed E-state index contributed by atoms with van der Waals surface area (Å²) < 4.78 is 18.5. The molecule has 1 aliphatic rings. The van der Waals surface area contributed by atoms with Crippen molar-refractivity contribution in [2.24, 2.45) is 0 Å². The molecule has 0 spiro atoms. The van der Waals surface area contributed by atoms with Gasteiger partial charge in [-0.05, 0) is 50.0 Å². The van der Waals surface area contributed by atoms with Gasteiger partial charge in [0.1, 0.15) is 11.4 Å². The minimum absolute atomic E-state index is 0.0881. The Balaban J connectivity index is 1.97. The number of benzene rings is 1. The fourth-order valence-electron chi connectivity index (χ4n) is 3.12. The quantitative estimate of drug-likeness (QED) is 0.508. The molecule has 1 aromatic rings. The topological polar surface area (TPSA) is 99.1 Å². The van der Waals surface area contributed by atoms with Gasteiger partial charge >= 0.3 is 13.2 Å². The van der Waals surface area contributed by atoms with Crippen LogP contribution in [-0.2, 0) is 16.0 Å². The lowest BCUT2D eigenvalue weighted by Crippen LogP contribution is -2.54. The van der Waals surface area contributed by atoms with Crippen molar-refractivity contribution in [3.05, 3.63) is 48.3 Å². The number of amides is 2. The summed E-state index contributed by atoms with van der Waals surface area (Å²) in [6.45, 7) is 5.98. The summed E-state index contributed by atoms with van der Waals surface area (Å²) in [5.41, 5.74) is -0.261. The Morgan fingerprint density at radius 2 is 2.11 bits per heavy atom. The van der Waals surface area contributed by atoms with Crippen LogP contribution in [0.1, 0.15) is 25.3 Å². The van der Waals surface area contributed by atoms with E-state index >= 15 is 0 Å². The molecule has 1 fully saturated rings. The first-order valence-corrected chi connectivity index (χ1v) is 8.74. The number of carbonyl (C=O) groups excluding carboxylic acids is 2. The van der Waals surface area contributed by atoms with Crippen molar-refractivity contribution in [2.75, 3.05) is 13.1 Å². The van der Waals surface area contributed by atoms with Crippen molar-refractivity contribution in [3.8, 4) is 0 Å². The zero-order valence-corrected chi connectivity index (χ0v) is 15.2. The van der Waals surface area contributed by atoms with Crippen LogP contribution in [0.25, 0.3) is 0 Å². The van der Waals surface area contributed by atoms with Crippen molar-refractivity contribution < 1.29 is 28.8 Å². The molecule has 0 aromatic heterocycles. The predicted molar refractivity (Wildman–Crippen MR) is 98.1 cm³/mol. The Kier molecular flexibility index (Phi) is 6.98. The summed E-state index contributed by atoms with van der Waals surface area (Å²) >= 11 is 0. The van der Waals surface area contributed by atoms with Crippen LogP contribution < -0.4 is 5.32 Å². The molecule has 2 rings (SSSR count). The monoisotopic (exact) mass is 378 g/mol. The minimum Gasteiger partial charge on any atom is -0.441 e. The lowest BCUT2D eigenvalue weighted by Gasteiger charge is -2.39. The van der Waals surface area contributed by atoms with Gasteiger partial charge in [0, 0.05) is 6.54 Å². The van der Waals surface area contributed by atoms with Crippen LogP contribution in [0.5, 0.6) is 0 Å². The zero-order valence-electron chi connectivity index (χ0n) is 15.2. The fourth-order valence-corrected chi connectivity index (χ4v) is 3.12. The van der Waals surface area contributed by atoms with Gasteiger partial charge in [0.25, 0.3) is 0 Å². The maximum Gasteiger partial charge on any atom is 0.475 e. The average Bonchev–Trinajstić information content (AvgIpc) is 2.61. The van der Waals surface area contributed by atoms with E-state index in [1.165, 1.54) is 30.3 Å². The molecule has 1 unspecified atom stereocenters. The van der Waals surface area contributed by atoms with Gasteiger partial charge in [-0.15, -0.1) is 0 Å². The molecule has 2 atom stereocenters. The van der Waals surface area contributed by atoms with Gasteiger partial charge in [0.05, 0.1) is 12.5 Å². The number of rotatable bonds is 6. The summed E-state index contributed by atoms with van der Waals surface area (Å²) in [4.78, 5) is 25.6. The van der Waals surface area contributed by atoms with Crippen molar-refractivity contribution in [1.82, 2.24) is 10.2 Å². The van der Waals surface area contributed by atoms with Gasteiger partial charge in [-0.3, -0.25) is 4.79 Å². The molecule has 3 N–H and O–H groups in total. The number of likely N-dealkylation sites (tertiary alicyclic amines) is 1. The van der Waals surface area contributed by atoms with E-state index in [1.54, 1.807) is 11.8 Å². The van der Waals surface area contributed by atoms with E-state index in [9.17, 15) is 24.0 Å². The maximum absolute atomic E-state index is 13.0. The number of alkyl carbamates (subject to hydrolysis) is 1. The molecular formula is C18H24BFN2O5. The van der Waals surface area contributed by atoms with Gasteiger partial charge in [-0.2, -0.15) is 0 Å². The van der Waals surface area contributed by atoms with Crippen molar-refractivity contribution in [2.45, 2.75) is 37.7 Å². The molecule has 0 saturated carbocycles. The third-order valence-corrected chi connectivity index (χ3v) is 4.52. The molecule has 1 aromatic carbocycles. The summed E-state index contributed by atoms with van der Waals surface area (Å²) in [5.74, 6) is -1.66. The van der Waals surface area contributed by atoms with Crippen LogP contribution in [0.2, 0.25) is 0 Å². The second kappa shape index (κ2) is 9.01. The third-order valence-electron chi connectivity index (χ3n) is 4.52. The highest BCUT2D eigenvalue weighted by molar-refractivity contribution is 6.43. The number of halogens is 1. The Labute approximate surface area is 158 Å². The molecule has 0 aliphatic carbocycles. The third kappa shape index (κ3) is 6.08. The van der Waals surface area contributed by atoms with Crippen molar-refractivity contribution in [3.63, 3.8) is 0 Å². The van der Waals surface area contributed by atoms with Gasteiger partial charge in [0.2, 0.25) is 5.91 Å². The molecule has 0 radical (unpaired) electrons.